The van der Waals surface area contributed by atoms with Gasteiger partial charge in [0.2, 0.25) is 0 Å². The molecule has 4 heteroatoms. The van der Waals surface area contributed by atoms with E-state index in [4.69, 9.17) is 0 Å². The zero-order chi connectivity index (χ0) is 14.5. The summed E-state index contributed by atoms with van der Waals surface area (Å²) >= 11 is 0. The number of hydrogen-bond donors (Lipinski definition) is 2. The minimum absolute atomic E-state index is 0.169. The van der Waals surface area contributed by atoms with Gasteiger partial charge in [-0.3, -0.25) is 4.98 Å². The summed E-state index contributed by atoms with van der Waals surface area (Å²) in [6, 6.07) is 9.79. The minimum atomic E-state index is -0.169. The van der Waals surface area contributed by atoms with E-state index in [1.54, 1.807) is 12.4 Å². The highest BCUT2D eigenvalue weighted by Gasteiger charge is 2.14. The maximum absolute atomic E-state index is 12.0. The number of hydrogen-bond acceptors (Lipinski definition) is 2. The molecule has 0 unspecified atom stereocenters. The van der Waals surface area contributed by atoms with Crippen LogP contribution in [-0.2, 0) is 19.4 Å². The van der Waals surface area contributed by atoms with E-state index >= 15 is 0 Å². The van der Waals surface area contributed by atoms with Crippen molar-refractivity contribution in [2.45, 2.75) is 32.2 Å². The van der Waals surface area contributed by atoms with E-state index in [0.717, 1.165) is 24.1 Å². The summed E-state index contributed by atoms with van der Waals surface area (Å²) < 4.78 is 0. The van der Waals surface area contributed by atoms with Crippen molar-refractivity contribution in [2.75, 3.05) is 5.32 Å². The van der Waals surface area contributed by atoms with Crippen LogP contribution in [-0.4, -0.2) is 11.0 Å². The smallest absolute Gasteiger partial charge is 0.319 e. The molecule has 1 aliphatic rings. The third-order valence-electron chi connectivity index (χ3n) is 3.82. The Morgan fingerprint density at radius 1 is 1.14 bits per heavy atom. The molecule has 0 saturated carbocycles. The fourth-order valence-electron chi connectivity index (χ4n) is 2.75. The van der Waals surface area contributed by atoms with Crippen LogP contribution in [0.15, 0.2) is 42.7 Å². The van der Waals surface area contributed by atoms with Gasteiger partial charge in [-0.15, -0.1) is 0 Å². The average Bonchev–Trinajstić information content (AvgIpc) is 2.54. The summed E-state index contributed by atoms with van der Waals surface area (Å²) in [7, 11) is 0. The van der Waals surface area contributed by atoms with Crippen molar-refractivity contribution in [3.8, 4) is 0 Å². The van der Waals surface area contributed by atoms with Crippen molar-refractivity contribution in [2.24, 2.45) is 0 Å². The molecule has 2 amide bonds. The molecule has 1 aromatic heterocycles. The Morgan fingerprint density at radius 3 is 2.90 bits per heavy atom. The first-order chi connectivity index (χ1) is 10.3. The second-order valence-electron chi connectivity index (χ2n) is 5.32. The largest absolute Gasteiger partial charge is 0.334 e. The quantitative estimate of drug-likeness (QED) is 0.907. The molecule has 0 bridgehead atoms. The average molecular weight is 281 g/mol. The molecule has 0 aliphatic heterocycles. The number of carbonyl (C=O) groups is 1. The Balaban J connectivity index is 1.63. The number of anilines is 1. The zero-order valence-corrected chi connectivity index (χ0v) is 11.9. The fourth-order valence-corrected chi connectivity index (χ4v) is 2.75. The molecular weight excluding hydrogens is 262 g/mol. The Hall–Kier alpha value is -2.36. The lowest BCUT2D eigenvalue weighted by atomic mass is 9.90. The molecular formula is C17H19N3O. The molecule has 0 fully saturated rings. The minimum Gasteiger partial charge on any atom is -0.334 e. The highest BCUT2D eigenvalue weighted by atomic mass is 16.2. The van der Waals surface area contributed by atoms with Crippen molar-refractivity contribution in [3.05, 3.63) is 59.4 Å². The number of carbonyl (C=O) groups excluding carboxylic acids is 1. The van der Waals surface area contributed by atoms with Crippen molar-refractivity contribution in [3.63, 3.8) is 0 Å². The fraction of sp³-hybridized carbons (Fsp3) is 0.294. The Kier molecular flexibility index (Phi) is 4.15. The van der Waals surface area contributed by atoms with E-state index in [2.05, 4.69) is 21.7 Å². The van der Waals surface area contributed by atoms with Crippen LogP contribution in [0.25, 0.3) is 0 Å². The van der Waals surface area contributed by atoms with Crippen LogP contribution in [0, 0.1) is 0 Å². The van der Waals surface area contributed by atoms with Crippen molar-refractivity contribution >= 4 is 11.7 Å². The third-order valence-corrected chi connectivity index (χ3v) is 3.82. The number of benzene rings is 1. The number of rotatable bonds is 3. The topological polar surface area (TPSA) is 54.0 Å². The summed E-state index contributed by atoms with van der Waals surface area (Å²) in [6.07, 6.45) is 8.08. The second-order valence-corrected chi connectivity index (χ2v) is 5.32. The van der Waals surface area contributed by atoms with E-state index in [-0.39, 0.29) is 6.03 Å². The van der Waals surface area contributed by atoms with Gasteiger partial charge in [-0.2, -0.15) is 0 Å². The second kappa shape index (κ2) is 6.39. The molecule has 0 atom stereocenters. The molecule has 0 spiro atoms. The van der Waals surface area contributed by atoms with Gasteiger partial charge in [0.15, 0.2) is 0 Å². The Morgan fingerprint density at radius 2 is 2.05 bits per heavy atom. The van der Waals surface area contributed by atoms with Gasteiger partial charge in [0.25, 0.3) is 0 Å². The van der Waals surface area contributed by atoms with Gasteiger partial charge in [0.05, 0.1) is 0 Å². The lowest BCUT2D eigenvalue weighted by Gasteiger charge is -2.19. The first-order valence-corrected chi connectivity index (χ1v) is 7.37. The predicted octanol–water partition coefficient (Wildman–Crippen LogP) is 3.28. The van der Waals surface area contributed by atoms with E-state index in [1.807, 2.05) is 24.3 Å². The van der Waals surface area contributed by atoms with Gasteiger partial charge in [0.1, 0.15) is 0 Å². The van der Waals surface area contributed by atoms with E-state index in [0.29, 0.717) is 6.54 Å². The zero-order valence-electron chi connectivity index (χ0n) is 11.9. The van der Waals surface area contributed by atoms with Gasteiger partial charge in [-0.05, 0) is 54.5 Å². The molecule has 0 saturated heterocycles. The van der Waals surface area contributed by atoms with E-state index in [1.165, 1.54) is 24.0 Å². The summed E-state index contributed by atoms with van der Waals surface area (Å²) in [5.74, 6) is 0. The summed E-state index contributed by atoms with van der Waals surface area (Å²) in [4.78, 5) is 16.1. The van der Waals surface area contributed by atoms with Crippen molar-refractivity contribution in [1.29, 1.82) is 0 Å². The number of nitrogens with zero attached hydrogens (tertiary/aromatic N) is 1. The number of pyridine rings is 1. The number of aryl methyl sites for hydroxylation is 1. The monoisotopic (exact) mass is 281 g/mol. The number of fused-ring (bicyclic) bond motifs is 1. The van der Waals surface area contributed by atoms with Gasteiger partial charge < -0.3 is 10.6 Å². The maximum atomic E-state index is 12.0. The van der Waals surface area contributed by atoms with Crippen molar-refractivity contribution < 1.29 is 4.79 Å². The maximum Gasteiger partial charge on any atom is 0.319 e. The number of nitrogens with one attached hydrogen (secondary N) is 2. The van der Waals surface area contributed by atoms with Gasteiger partial charge in [-0.1, -0.05) is 18.2 Å². The van der Waals surface area contributed by atoms with Gasteiger partial charge in [-0.25, -0.2) is 4.79 Å². The summed E-state index contributed by atoms with van der Waals surface area (Å²) in [6.45, 7) is 0.481. The molecule has 2 aromatic rings. The molecule has 108 valence electrons. The van der Waals surface area contributed by atoms with E-state index < -0.39 is 0 Å². The highest BCUT2D eigenvalue weighted by molar-refractivity contribution is 5.90. The third kappa shape index (κ3) is 3.40. The molecule has 2 N–H and O–H groups in total. The van der Waals surface area contributed by atoms with Crippen LogP contribution in [0.3, 0.4) is 0 Å². The summed E-state index contributed by atoms with van der Waals surface area (Å²) in [5.41, 5.74) is 4.59. The highest BCUT2D eigenvalue weighted by Crippen LogP contribution is 2.27. The Labute approximate surface area is 124 Å². The van der Waals surface area contributed by atoms with Crippen LogP contribution < -0.4 is 10.6 Å². The summed E-state index contributed by atoms with van der Waals surface area (Å²) in [5, 5.41) is 5.83. The van der Waals surface area contributed by atoms with Crippen LogP contribution >= 0.6 is 0 Å². The van der Waals surface area contributed by atoms with Gasteiger partial charge in [0, 0.05) is 24.6 Å². The SMILES string of the molecule is O=C(NCc1cccnc1)Nc1cccc2c1CCCC2. The van der Waals surface area contributed by atoms with Crippen LogP contribution in [0.5, 0.6) is 0 Å². The van der Waals surface area contributed by atoms with Gasteiger partial charge >= 0.3 is 6.03 Å². The first-order valence-electron chi connectivity index (χ1n) is 7.37. The molecule has 4 nitrogen and oxygen atoms in total. The number of aromatic nitrogens is 1. The molecule has 0 radical (unpaired) electrons. The normalized spacial score (nSPS) is 13.3. The van der Waals surface area contributed by atoms with Crippen LogP contribution in [0.4, 0.5) is 10.5 Å². The first kappa shape index (κ1) is 13.6. The number of amides is 2. The molecule has 1 heterocycles. The van der Waals surface area contributed by atoms with Crippen molar-refractivity contribution in [1.82, 2.24) is 10.3 Å². The van der Waals surface area contributed by atoms with Crippen LogP contribution in [0.1, 0.15) is 29.5 Å². The van der Waals surface area contributed by atoms with Crippen LogP contribution in [0.2, 0.25) is 0 Å². The Bertz CT molecular complexity index is 625. The predicted molar refractivity (Wildman–Crippen MR) is 83.2 cm³/mol. The number of urea groups is 1. The lowest BCUT2D eigenvalue weighted by molar-refractivity contribution is 0.251. The molecule has 21 heavy (non-hydrogen) atoms. The van der Waals surface area contributed by atoms with E-state index in [9.17, 15) is 4.79 Å². The molecule has 1 aromatic carbocycles. The molecule has 1 aliphatic carbocycles. The standard InChI is InChI=1S/C17H19N3O/c21-17(19-12-13-5-4-10-18-11-13)20-16-9-3-7-14-6-1-2-8-15(14)16/h3-5,7,9-11H,1-2,6,8,12H2,(H2,19,20,21). The molecule has 3 rings (SSSR count). The lowest BCUT2D eigenvalue weighted by Crippen LogP contribution is -2.29.